The Hall–Kier alpha value is -2.58. The van der Waals surface area contributed by atoms with Crippen molar-refractivity contribution in [3.05, 3.63) is 64.7 Å². The van der Waals surface area contributed by atoms with Gasteiger partial charge in [0.2, 0.25) is 0 Å². The van der Waals surface area contributed by atoms with Gasteiger partial charge in [-0.25, -0.2) is 17.5 Å². The van der Waals surface area contributed by atoms with Gasteiger partial charge < -0.3 is 0 Å². The minimum Gasteiger partial charge on any atom is -0.295 e. The molecule has 0 saturated carbocycles. The van der Waals surface area contributed by atoms with Crippen molar-refractivity contribution in [1.29, 1.82) is 0 Å². The Morgan fingerprint density at radius 1 is 1.24 bits per heavy atom. The number of nitrogens with one attached hydrogen (secondary N) is 1. The number of pyridine rings is 1. The number of benzene rings is 1. The first-order valence-corrected chi connectivity index (χ1v) is 8.71. The van der Waals surface area contributed by atoms with Gasteiger partial charge in [0.25, 0.3) is 15.9 Å². The Bertz CT molecular complexity index is 974. The van der Waals surface area contributed by atoms with Crippen LogP contribution in [0.2, 0.25) is 5.02 Å². The van der Waals surface area contributed by atoms with Crippen LogP contribution in [-0.2, 0) is 14.8 Å². The number of rotatable bonds is 5. The Balaban J connectivity index is 2.22. The highest BCUT2D eigenvalue weighted by molar-refractivity contribution is 7.90. The molecule has 6 nitrogen and oxygen atoms in total. The molecule has 9 heteroatoms. The van der Waals surface area contributed by atoms with E-state index in [4.69, 9.17) is 11.6 Å². The number of halogens is 2. The van der Waals surface area contributed by atoms with Gasteiger partial charge in [-0.3, -0.25) is 14.6 Å². The monoisotopic (exact) mass is 382 g/mol. The zero-order valence-corrected chi connectivity index (χ0v) is 14.4. The summed E-state index contributed by atoms with van der Waals surface area (Å²) >= 11 is 5.85. The van der Waals surface area contributed by atoms with E-state index in [1.54, 1.807) is 4.72 Å². The van der Waals surface area contributed by atoms with Crippen molar-refractivity contribution in [1.82, 2.24) is 9.71 Å². The van der Waals surface area contributed by atoms with Gasteiger partial charge >= 0.3 is 0 Å². The number of hydrogen-bond acceptors (Lipinski definition) is 5. The number of Topliss-reactive ketones (excluding diaryl/α,β-unsaturated/α-hetero) is 1. The lowest BCUT2D eigenvalue weighted by molar-refractivity contribution is -0.114. The average Bonchev–Trinajstić information content (AvgIpc) is 2.52. The summed E-state index contributed by atoms with van der Waals surface area (Å²) in [6, 6.07) is 4.84. The molecule has 1 heterocycles. The molecule has 0 unspecified atom stereocenters. The summed E-state index contributed by atoms with van der Waals surface area (Å²) in [6.07, 6.45) is 4.41. The van der Waals surface area contributed by atoms with E-state index in [9.17, 15) is 22.4 Å². The first-order valence-electron chi connectivity index (χ1n) is 6.85. The van der Waals surface area contributed by atoms with E-state index in [1.807, 2.05) is 0 Å². The van der Waals surface area contributed by atoms with Gasteiger partial charge in [0.1, 0.15) is 10.7 Å². The lowest BCUT2D eigenvalue weighted by Crippen LogP contribution is -2.29. The van der Waals surface area contributed by atoms with Crippen LogP contribution in [0, 0.1) is 5.82 Å². The first kappa shape index (κ1) is 18.8. The highest BCUT2D eigenvalue weighted by Crippen LogP contribution is 2.22. The normalized spacial score (nSPS) is 11.5. The minimum atomic E-state index is -4.28. The zero-order chi connectivity index (χ0) is 18.6. The molecule has 0 radical (unpaired) electrons. The predicted octanol–water partition coefficient (Wildman–Crippen LogP) is 2.60. The number of sulfonamides is 1. The number of amides is 1. The van der Waals surface area contributed by atoms with Gasteiger partial charge in [-0.1, -0.05) is 11.6 Å². The predicted molar refractivity (Wildman–Crippen MR) is 90.0 cm³/mol. The van der Waals surface area contributed by atoms with Crippen LogP contribution in [0.3, 0.4) is 0 Å². The molecule has 1 aromatic heterocycles. The molecule has 0 aliphatic heterocycles. The summed E-state index contributed by atoms with van der Waals surface area (Å²) in [5.74, 6) is -1.91. The van der Waals surface area contributed by atoms with Crippen LogP contribution in [0.25, 0.3) is 6.08 Å². The highest BCUT2D eigenvalue weighted by Gasteiger charge is 2.21. The molecule has 0 aliphatic rings. The Labute approximate surface area is 148 Å². The fraction of sp³-hybridized carbons (Fsp3) is 0.0625. The van der Waals surface area contributed by atoms with Crippen LogP contribution in [0.15, 0.2) is 47.6 Å². The van der Waals surface area contributed by atoms with E-state index in [-0.39, 0.29) is 21.9 Å². The van der Waals surface area contributed by atoms with E-state index in [1.165, 1.54) is 31.3 Å². The Morgan fingerprint density at radius 2 is 1.96 bits per heavy atom. The van der Waals surface area contributed by atoms with Crippen molar-refractivity contribution in [3.8, 4) is 0 Å². The maximum Gasteiger partial charge on any atom is 0.265 e. The average molecular weight is 383 g/mol. The number of carbonyl (C=O) groups excluding carboxylic acids is 2. The van der Waals surface area contributed by atoms with Crippen molar-refractivity contribution in [2.75, 3.05) is 0 Å². The summed E-state index contributed by atoms with van der Waals surface area (Å²) < 4.78 is 39.3. The van der Waals surface area contributed by atoms with Crippen molar-refractivity contribution in [3.63, 3.8) is 0 Å². The van der Waals surface area contributed by atoms with Crippen molar-refractivity contribution >= 4 is 39.4 Å². The van der Waals surface area contributed by atoms with Crippen molar-refractivity contribution in [2.24, 2.45) is 0 Å². The fourth-order valence-electron chi connectivity index (χ4n) is 1.84. The Morgan fingerprint density at radius 3 is 2.60 bits per heavy atom. The smallest absolute Gasteiger partial charge is 0.265 e. The summed E-state index contributed by atoms with van der Waals surface area (Å²) in [5.41, 5.74) is 0.419. The van der Waals surface area contributed by atoms with Gasteiger partial charge in [-0.15, -0.1) is 0 Å². The molecular formula is C16H12ClFN2O4S. The van der Waals surface area contributed by atoms with E-state index >= 15 is 0 Å². The summed E-state index contributed by atoms with van der Waals surface area (Å²) in [7, 11) is -4.28. The molecule has 0 spiro atoms. The fourth-order valence-corrected chi connectivity index (χ4v) is 3.31. The minimum absolute atomic E-state index is 0.136. The van der Waals surface area contributed by atoms with Gasteiger partial charge in [-0.2, -0.15) is 0 Å². The molecule has 0 fully saturated rings. The van der Waals surface area contributed by atoms with Crippen LogP contribution in [0.5, 0.6) is 0 Å². The third kappa shape index (κ3) is 4.94. The standard InChI is InChI=1S/C16H12ClFN2O4S/c1-10(21)12-3-4-14(17)15(7-12)25(23,24)20-16(22)5-2-11-6-13(18)9-19-8-11/h2-9H,1H3,(H,20,22)/b5-2+. The SMILES string of the molecule is CC(=O)c1ccc(Cl)c(S(=O)(=O)NC(=O)/C=C/c2cncc(F)c2)c1. The maximum atomic E-state index is 13.0. The maximum absolute atomic E-state index is 13.0. The molecule has 25 heavy (non-hydrogen) atoms. The van der Waals surface area contributed by atoms with Gasteiger partial charge in [0.05, 0.1) is 11.2 Å². The number of hydrogen-bond donors (Lipinski definition) is 1. The van der Waals surface area contributed by atoms with Gasteiger partial charge in [-0.05, 0) is 42.8 Å². The van der Waals surface area contributed by atoms with E-state index in [2.05, 4.69) is 4.98 Å². The molecule has 130 valence electrons. The molecular weight excluding hydrogens is 371 g/mol. The van der Waals surface area contributed by atoms with E-state index < -0.39 is 26.6 Å². The molecule has 1 N–H and O–H groups in total. The molecule has 1 aromatic carbocycles. The molecule has 0 bridgehead atoms. The summed E-state index contributed by atoms with van der Waals surface area (Å²) in [4.78, 5) is 26.4. The molecule has 0 saturated heterocycles. The van der Waals surface area contributed by atoms with Crippen LogP contribution in [0.4, 0.5) is 4.39 Å². The topological polar surface area (TPSA) is 93.2 Å². The highest BCUT2D eigenvalue weighted by atomic mass is 35.5. The second-order valence-corrected chi connectivity index (χ2v) is 7.00. The second-order valence-electron chi connectivity index (χ2n) is 4.94. The molecule has 1 amide bonds. The zero-order valence-electron chi connectivity index (χ0n) is 12.9. The van der Waals surface area contributed by atoms with Crippen LogP contribution < -0.4 is 4.72 Å². The van der Waals surface area contributed by atoms with Crippen LogP contribution in [0.1, 0.15) is 22.8 Å². The largest absolute Gasteiger partial charge is 0.295 e. The second kappa shape index (κ2) is 7.54. The lowest BCUT2D eigenvalue weighted by atomic mass is 10.1. The number of ketones is 1. The molecule has 0 atom stereocenters. The molecule has 2 rings (SSSR count). The quantitative estimate of drug-likeness (QED) is 0.633. The van der Waals surface area contributed by atoms with Crippen LogP contribution in [-0.4, -0.2) is 25.1 Å². The molecule has 2 aromatic rings. The van der Waals surface area contributed by atoms with Crippen molar-refractivity contribution in [2.45, 2.75) is 11.8 Å². The molecule has 0 aliphatic carbocycles. The van der Waals surface area contributed by atoms with E-state index in [0.717, 1.165) is 24.4 Å². The first-order chi connectivity index (χ1) is 11.7. The third-order valence-electron chi connectivity index (χ3n) is 3.02. The van der Waals surface area contributed by atoms with Crippen molar-refractivity contribution < 1.29 is 22.4 Å². The van der Waals surface area contributed by atoms with Gasteiger partial charge in [0.15, 0.2) is 5.78 Å². The number of carbonyl (C=O) groups is 2. The lowest BCUT2D eigenvalue weighted by Gasteiger charge is -2.08. The van der Waals surface area contributed by atoms with E-state index in [0.29, 0.717) is 0 Å². The summed E-state index contributed by atoms with van der Waals surface area (Å²) in [6.45, 7) is 1.27. The number of nitrogens with zero attached hydrogens (tertiary/aromatic N) is 1. The Kier molecular flexibility index (Phi) is 5.66. The number of aromatic nitrogens is 1. The third-order valence-corrected chi connectivity index (χ3v) is 4.84. The van der Waals surface area contributed by atoms with Gasteiger partial charge in [0, 0.05) is 17.8 Å². The van der Waals surface area contributed by atoms with Crippen LogP contribution >= 0.6 is 11.6 Å². The summed E-state index contributed by atoms with van der Waals surface area (Å²) in [5, 5.41) is -0.136.